The van der Waals surface area contributed by atoms with E-state index in [2.05, 4.69) is 15.9 Å². The van der Waals surface area contributed by atoms with Gasteiger partial charge in [-0.15, -0.1) is 22.7 Å². The van der Waals surface area contributed by atoms with E-state index in [4.69, 9.17) is 9.47 Å². The van der Waals surface area contributed by atoms with Gasteiger partial charge in [-0.3, -0.25) is 4.79 Å². The molecule has 4 aromatic rings. The van der Waals surface area contributed by atoms with Crippen LogP contribution in [0.3, 0.4) is 0 Å². The molecule has 0 fully saturated rings. The number of methoxy groups -OCH3 is 1. The van der Waals surface area contributed by atoms with Crippen LogP contribution < -0.4 is 9.47 Å². The van der Waals surface area contributed by atoms with Crippen molar-refractivity contribution in [3.05, 3.63) is 73.7 Å². The molecule has 0 amide bonds. The molecule has 0 atom stereocenters. The molecule has 0 bridgehead atoms. The number of thiophene rings is 2. The molecule has 0 aliphatic rings. The summed E-state index contributed by atoms with van der Waals surface area (Å²) in [6.07, 6.45) is 0. The van der Waals surface area contributed by atoms with E-state index in [1.165, 1.54) is 22.7 Å². The molecule has 4 rings (SSSR count). The van der Waals surface area contributed by atoms with Crippen molar-refractivity contribution in [1.82, 2.24) is 0 Å². The highest BCUT2D eigenvalue weighted by atomic mass is 79.9. The van der Waals surface area contributed by atoms with Gasteiger partial charge in [-0.05, 0) is 66.4 Å². The first kappa shape index (κ1) is 18.2. The highest BCUT2D eigenvalue weighted by molar-refractivity contribution is 9.10. The number of fused-ring (bicyclic) bond motifs is 1. The second-order valence-corrected chi connectivity index (χ2v) is 8.82. The molecule has 0 aliphatic heterocycles. The lowest BCUT2D eigenvalue weighted by Gasteiger charge is -2.08. The molecule has 27 heavy (non-hydrogen) atoms. The van der Waals surface area contributed by atoms with Crippen LogP contribution >= 0.6 is 38.6 Å². The standard InChI is InChI=1S/C21H15BrO3S2/c1-12-9-10-26-20(12)18(23)21-19(25-14-5-3-13(22)4-6-14)16-8-7-15(24-2)11-17(16)27-21/h3-11H,1-2H3. The Morgan fingerprint density at radius 3 is 2.41 bits per heavy atom. The topological polar surface area (TPSA) is 35.5 Å². The van der Waals surface area contributed by atoms with E-state index < -0.39 is 0 Å². The second kappa shape index (κ2) is 7.46. The Bertz CT molecular complexity index is 1130. The summed E-state index contributed by atoms with van der Waals surface area (Å²) >= 11 is 6.32. The van der Waals surface area contributed by atoms with Crippen molar-refractivity contribution in [3.63, 3.8) is 0 Å². The molecule has 2 heterocycles. The van der Waals surface area contributed by atoms with Gasteiger partial charge in [0.15, 0.2) is 5.75 Å². The SMILES string of the molecule is COc1ccc2c(Oc3ccc(Br)cc3)c(C(=O)c3sccc3C)sc2c1. The van der Waals surface area contributed by atoms with Crippen LogP contribution in [-0.2, 0) is 0 Å². The molecule has 3 nitrogen and oxygen atoms in total. The summed E-state index contributed by atoms with van der Waals surface area (Å²) < 4.78 is 13.4. The molecule has 6 heteroatoms. The predicted octanol–water partition coefficient (Wildman–Crippen LogP) is 7.07. The maximum atomic E-state index is 13.2. The number of carbonyl (C=O) groups excluding carboxylic acids is 1. The van der Waals surface area contributed by atoms with Gasteiger partial charge < -0.3 is 9.47 Å². The Labute approximate surface area is 173 Å². The minimum atomic E-state index is -0.00483. The van der Waals surface area contributed by atoms with E-state index in [9.17, 15) is 4.79 Å². The van der Waals surface area contributed by atoms with Gasteiger partial charge in [-0.2, -0.15) is 0 Å². The largest absolute Gasteiger partial charge is 0.497 e. The van der Waals surface area contributed by atoms with E-state index in [-0.39, 0.29) is 5.78 Å². The number of halogens is 1. The summed E-state index contributed by atoms with van der Waals surface area (Å²) in [6, 6.07) is 15.3. The zero-order chi connectivity index (χ0) is 19.0. The molecule has 0 spiro atoms. The lowest BCUT2D eigenvalue weighted by Crippen LogP contribution is -2.00. The number of ketones is 1. The zero-order valence-corrected chi connectivity index (χ0v) is 17.8. The van der Waals surface area contributed by atoms with E-state index in [0.29, 0.717) is 16.4 Å². The molecular formula is C21H15BrO3S2. The van der Waals surface area contributed by atoms with Gasteiger partial charge >= 0.3 is 0 Å². The number of hydrogen-bond donors (Lipinski definition) is 0. The quantitative estimate of drug-likeness (QED) is 0.300. The van der Waals surface area contributed by atoms with Gasteiger partial charge in [0.1, 0.15) is 16.4 Å². The third kappa shape index (κ3) is 3.52. The van der Waals surface area contributed by atoms with Crippen molar-refractivity contribution in [2.24, 2.45) is 0 Å². The number of benzene rings is 2. The highest BCUT2D eigenvalue weighted by Crippen LogP contribution is 2.43. The Balaban J connectivity index is 1.86. The van der Waals surface area contributed by atoms with Crippen LogP contribution in [0.1, 0.15) is 20.1 Å². The monoisotopic (exact) mass is 458 g/mol. The third-order valence-corrected chi connectivity index (χ3v) is 6.84. The Hall–Kier alpha value is -2.15. The van der Waals surface area contributed by atoms with Crippen LogP contribution in [-0.4, -0.2) is 12.9 Å². The number of hydrogen-bond acceptors (Lipinski definition) is 5. The average molecular weight is 459 g/mol. The molecule has 0 unspecified atom stereocenters. The van der Waals surface area contributed by atoms with Gasteiger partial charge in [-0.25, -0.2) is 0 Å². The Morgan fingerprint density at radius 1 is 1.00 bits per heavy atom. The van der Waals surface area contributed by atoms with Crippen LogP contribution in [0.5, 0.6) is 17.2 Å². The van der Waals surface area contributed by atoms with Gasteiger partial charge in [-0.1, -0.05) is 15.9 Å². The van der Waals surface area contributed by atoms with Crippen molar-refractivity contribution >= 4 is 54.5 Å². The maximum Gasteiger partial charge on any atom is 0.216 e. The van der Waals surface area contributed by atoms with E-state index >= 15 is 0 Å². The maximum absolute atomic E-state index is 13.2. The summed E-state index contributed by atoms with van der Waals surface area (Å²) in [5.41, 5.74) is 0.981. The normalized spacial score (nSPS) is 10.9. The van der Waals surface area contributed by atoms with E-state index in [0.717, 1.165) is 30.7 Å². The van der Waals surface area contributed by atoms with Crippen LogP contribution in [0.2, 0.25) is 0 Å². The fraction of sp³-hybridized carbons (Fsp3) is 0.0952. The van der Waals surface area contributed by atoms with E-state index in [1.807, 2.05) is 60.8 Å². The molecule has 0 aliphatic carbocycles. The summed E-state index contributed by atoms with van der Waals surface area (Å²) in [5.74, 6) is 2.03. The molecule has 2 aromatic heterocycles. The number of carbonyl (C=O) groups is 1. The molecule has 0 saturated heterocycles. The second-order valence-electron chi connectivity index (χ2n) is 5.94. The van der Waals surface area contributed by atoms with E-state index in [1.54, 1.807) is 7.11 Å². The van der Waals surface area contributed by atoms with Gasteiger partial charge in [0.05, 0.1) is 12.0 Å². The number of aryl methyl sites for hydroxylation is 1. The van der Waals surface area contributed by atoms with Crippen molar-refractivity contribution in [2.45, 2.75) is 6.92 Å². The molecule has 136 valence electrons. The summed E-state index contributed by atoms with van der Waals surface area (Å²) in [6.45, 7) is 1.95. The average Bonchev–Trinajstić information content (AvgIpc) is 3.26. The Morgan fingerprint density at radius 2 is 1.74 bits per heavy atom. The predicted molar refractivity (Wildman–Crippen MR) is 115 cm³/mol. The molecular weight excluding hydrogens is 444 g/mol. The molecule has 0 saturated carbocycles. The van der Waals surface area contributed by atoms with Crippen LogP contribution in [0.25, 0.3) is 10.1 Å². The van der Waals surface area contributed by atoms with Crippen LogP contribution in [0.15, 0.2) is 58.4 Å². The molecule has 0 radical (unpaired) electrons. The zero-order valence-electron chi connectivity index (χ0n) is 14.6. The summed E-state index contributed by atoms with van der Waals surface area (Å²) in [7, 11) is 1.63. The van der Waals surface area contributed by atoms with Gasteiger partial charge in [0.25, 0.3) is 0 Å². The number of ether oxygens (including phenoxy) is 2. The molecule has 0 N–H and O–H groups in total. The summed E-state index contributed by atoms with van der Waals surface area (Å²) in [5, 5.41) is 2.84. The van der Waals surface area contributed by atoms with Crippen molar-refractivity contribution in [3.8, 4) is 17.2 Å². The van der Waals surface area contributed by atoms with Crippen LogP contribution in [0.4, 0.5) is 0 Å². The first-order chi connectivity index (χ1) is 13.1. The fourth-order valence-corrected chi connectivity index (χ4v) is 5.07. The smallest absolute Gasteiger partial charge is 0.216 e. The fourth-order valence-electron chi connectivity index (χ4n) is 2.76. The number of rotatable bonds is 5. The lowest BCUT2D eigenvalue weighted by molar-refractivity contribution is 0.104. The first-order valence-corrected chi connectivity index (χ1v) is 10.7. The first-order valence-electron chi connectivity index (χ1n) is 8.19. The lowest BCUT2D eigenvalue weighted by atomic mass is 10.1. The minimum Gasteiger partial charge on any atom is -0.497 e. The highest BCUT2D eigenvalue weighted by Gasteiger charge is 2.24. The van der Waals surface area contributed by atoms with Gasteiger partial charge in [0, 0.05) is 14.6 Å². The van der Waals surface area contributed by atoms with Crippen molar-refractivity contribution < 1.29 is 14.3 Å². The Kier molecular flexibility index (Phi) is 5.04. The third-order valence-electron chi connectivity index (χ3n) is 4.16. The summed E-state index contributed by atoms with van der Waals surface area (Å²) in [4.78, 5) is 14.6. The minimum absolute atomic E-state index is 0.00483. The molecule has 2 aromatic carbocycles. The van der Waals surface area contributed by atoms with Crippen molar-refractivity contribution in [1.29, 1.82) is 0 Å². The van der Waals surface area contributed by atoms with Gasteiger partial charge in [0.2, 0.25) is 5.78 Å². The van der Waals surface area contributed by atoms with Crippen LogP contribution in [0, 0.1) is 6.92 Å². The van der Waals surface area contributed by atoms with Crippen molar-refractivity contribution in [2.75, 3.05) is 7.11 Å².